The van der Waals surface area contributed by atoms with Gasteiger partial charge in [-0.15, -0.1) is 0 Å². The summed E-state index contributed by atoms with van der Waals surface area (Å²) >= 11 is 0. The minimum atomic E-state index is -2.22. The van der Waals surface area contributed by atoms with Crippen LogP contribution in [0.25, 0.3) is 0 Å². The summed E-state index contributed by atoms with van der Waals surface area (Å²) in [6.45, 7) is -0.772. The third-order valence-corrected chi connectivity index (χ3v) is 3.02. The van der Waals surface area contributed by atoms with Crippen molar-refractivity contribution in [3.05, 3.63) is 32.9 Å². The third kappa shape index (κ3) is 2.38. The highest BCUT2D eigenvalue weighted by molar-refractivity contribution is 4.95. The SMILES string of the molecule is O=c1[nH]c(=O)n([C@@H]2O[C@H](CO)[C@@H](O)[C@H](F)[C@H]2O)cc1F. The summed E-state index contributed by atoms with van der Waals surface area (Å²) in [6, 6.07) is 0. The van der Waals surface area contributed by atoms with Gasteiger partial charge in [-0.3, -0.25) is 14.3 Å². The molecule has 0 spiro atoms. The average Bonchev–Trinajstić information content (AvgIpc) is 2.41. The van der Waals surface area contributed by atoms with E-state index in [1.807, 2.05) is 0 Å². The standard InChI is InChI=1S/C10H12F2N2O6/c11-3-1-14(10(19)13-8(3)18)9-7(17)5(12)6(16)4(2-15)20-9/h1,4-7,9,15-17H,2H2,(H,13,18,19)/t4-,5+,6-,7-,9-/m1/s1. The molecule has 0 aromatic carbocycles. The molecule has 1 aromatic heterocycles. The van der Waals surface area contributed by atoms with Gasteiger partial charge in [0.15, 0.2) is 12.4 Å². The van der Waals surface area contributed by atoms with Gasteiger partial charge < -0.3 is 20.1 Å². The summed E-state index contributed by atoms with van der Waals surface area (Å²) in [4.78, 5) is 24.0. The van der Waals surface area contributed by atoms with Gasteiger partial charge in [0.05, 0.1) is 12.8 Å². The Balaban J connectivity index is 2.44. The number of hydrogen-bond donors (Lipinski definition) is 4. The summed E-state index contributed by atoms with van der Waals surface area (Å²) in [5.41, 5.74) is -2.40. The Morgan fingerprint density at radius 1 is 1.35 bits per heavy atom. The number of aliphatic hydroxyl groups is 3. The van der Waals surface area contributed by atoms with Gasteiger partial charge in [0, 0.05) is 0 Å². The fourth-order valence-electron chi connectivity index (χ4n) is 1.94. The zero-order chi connectivity index (χ0) is 15.0. The van der Waals surface area contributed by atoms with Crippen LogP contribution in [0.15, 0.2) is 15.8 Å². The molecule has 8 nitrogen and oxygen atoms in total. The predicted octanol–water partition coefficient (Wildman–Crippen LogP) is -2.37. The van der Waals surface area contributed by atoms with E-state index in [4.69, 9.17) is 9.84 Å². The number of nitrogens with zero attached hydrogens (tertiary/aromatic N) is 1. The molecule has 5 atom stereocenters. The van der Waals surface area contributed by atoms with Crippen LogP contribution in [0.3, 0.4) is 0 Å². The molecule has 2 rings (SSSR count). The van der Waals surface area contributed by atoms with Crippen LogP contribution in [0, 0.1) is 5.82 Å². The summed E-state index contributed by atoms with van der Waals surface area (Å²) < 4.78 is 32.3. The second kappa shape index (κ2) is 5.40. The molecule has 1 aliphatic heterocycles. The van der Waals surface area contributed by atoms with E-state index in [2.05, 4.69) is 0 Å². The van der Waals surface area contributed by atoms with E-state index in [1.165, 1.54) is 0 Å². The first-order chi connectivity index (χ1) is 9.36. The molecule has 0 saturated carbocycles. The maximum absolute atomic E-state index is 13.7. The van der Waals surface area contributed by atoms with Crippen LogP contribution in [0.2, 0.25) is 0 Å². The minimum absolute atomic E-state index is 0.447. The quantitative estimate of drug-likeness (QED) is 0.483. The molecule has 112 valence electrons. The van der Waals surface area contributed by atoms with Crippen LogP contribution >= 0.6 is 0 Å². The average molecular weight is 294 g/mol. The highest BCUT2D eigenvalue weighted by atomic mass is 19.1. The smallest absolute Gasteiger partial charge is 0.330 e. The first-order valence-corrected chi connectivity index (χ1v) is 5.64. The van der Waals surface area contributed by atoms with Crippen molar-refractivity contribution in [2.24, 2.45) is 0 Å². The van der Waals surface area contributed by atoms with Gasteiger partial charge in [0.2, 0.25) is 5.82 Å². The van der Waals surface area contributed by atoms with E-state index in [0.29, 0.717) is 10.8 Å². The van der Waals surface area contributed by atoms with Gasteiger partial charge in [0.25, 0.3) is 5.56 Å². The normalized spacial score (nSPS) is 34.1. The van der Waals surface area contributed by atoms with Crippen molar-refractivity contribution in [2.45, 2.75) is 30.7 Å². The number of alkyl halides is 1. The van der Waals surface area contributed by atoms with Crippen molar-refractivity contribution in [3.63, 3.8) is 0 Å². The Kier molecular flexibility index (Phi) is 3.99. The van der Waals surface area contributed by atoms with Crippen LogP contribution in [0.1, 0.15) is 6.23 Å². The monoisotopic (exact) mass is 294 g/mol. The fourth-order valence-corrected chi connectivity index (χ4v) is 1.94. The van der Waals surface area contributed by atoms with E-state index < -0.39 is 54.4 Å². The van der Waals surface area contributed by atoms with E-state index >= 15 is 0 Å². The summed E-state index contributed by atoms with van der Waals surface area (Å²) in [6.07, 6.45) is -8.63. The first kappa shape index (κ1) is 14.8. The molecule has 0 amide bonds. The second-order valence-corrected chi connectivity index (χ2v) is 4.32. The van der Waals surface area contributed by atoms with Crippen LogP contribution in [0.5, 0.6) is 0 Å². The Morgan fingerprint density at radius 3 is 2.60 bits per heavy atom. The van der Waals surface area contributed by atoms with Gasteiger partial charge >= 0.3 is 5.69 Å². The van der Waals surface area contributed by atoms with Gasteiger partial charge in [0.1, 0.15) is 18.3 Å². The Bertz CT molecular complexity index is 600. The maximum Gasteiger partial charge on any atom is 0.330 e. The Hall–Kier alpha value is -1.62. The van der Waals surface area contributed by atoms with Crippen molar-refractivity contribution >= 4 is 0 Å². The Morgan fingerprint density at radius 2 is 2.00 bits per heavy atom. The lowest BCUT2D eigenvalue weighted by atomic mass is 9.99. The first-order valence-electron chi connectivity index (χ1n) is 5.64. The second-order valence-electron chi connectivity index (χ2n) is 4.32. The van der Waals surface area contributed by atoms with E-state index in [9.17, 15) is 28.6 Å². The molecule has 0 radical (unpaired) electrons. The van der Waals surface area contributed by atoms with Gasteiger partial charge in [-0.2, -0.15) is 4.39 Å². The topological polar surface area (TPSA) is 125 Å². The van der Waals surface area contributed by atoms with Gasteiger partial charge in [-0.05, 0) is 0 Å². The van der Waals surface area contributed by atoms with E-state index in [-0.39, 0.29) is 0 Å². The largest absolute Gasteiger partial charge is 0.394 e. The number of aromatic nitrogens is 2. The fraction of sp³-hybridized carbons (Fsp3) is 0.600. The van der Waals surface area contributed by atoms with Gasteiger partial charge in [-0.25, -0.2) is 9.18 Å². The molecule has 2 heterocycles. The third-order valence-electron chi connectivity index (χ3n) is 3.02. The summed E-state index contributed by atoms with van der Waals surface area (Å²) in [5, 5.41) is 28.0. The number of rotatable bonds is 2. The van der Waals surface area contributed by atoms with Crippen molar-refractivity contribution < 1.29 is 28.8 Å². The Labute approximate surface area is 109 Å². The number of aliphatic hydroxyl groups excluding tert-OH is 3. The maximum atomic E-state index is 13.7. The number of nitrogens with one attached hydrogen (secondary N) is 1. The van der Waals surface area contributed by atoms with E-state index in [0.717, 1.165) is 0 Å². The minimum Gasteiger partial charge on any atom is -0.394 e. The number of ether oxygens (including phenoxy) is 1. The molecule has 1 aliphatic rings. The molecule has 0 unspecified atom stereocenters. The molecule has 0 bridgehead atoms. The molecular formula is C10H12F2N2O6. The number of aromatic amines is 1. The molecule has 0 aliphatic carbocycles. The molecule has 4 N–H and O–H groups in total. The van der Waals surface area contributed by atoms with Crippen molar-refractivity contribution in [1.82, 2.24) is 9.55 Å². The highest BCUT2D eigenvalue weighted by Gasteiger charge is 2.45. The van der Waals surface area contributed by atoms with Crippen LogP contribution < -0.4 is 11.2 Å². The van der Waals surface area contributed by atoms with Crippen molar-refractivity contribution in [2.75, 3.05) is 6.61 Å². The summed E-state index contributed by atoms with van der Waals surface area (Å²) in [7, 11) is 0. The zero-order valence-electron chi connectivity index (χ0n) is 9.94. The van der Waals surface area contributed by atoms with Crippen LogP contribution in [-0.4, -0.2) is 56.0 Å². The highest BCUT2D eigenvalue weighted by Crippen LogP contribution is 2.28. The van der Waals surface area contributed by atoms with Crippen LogP contribution in [0.4, 0.5) is 8.78 Å². The van der Waals surface area contributed by atoms with Gasteiger partial charge in [-0.1, -0.05) is 0 Å². The molecule has 20 heavy (non-hydrogen) atoms. The molecule has 10 heteroatoms. The van der Waals surface area contributed by atoms with E-state index in [1.54, 1.807) is 4.98 Å². The predicted molar refractivity (Wildman–Crippen MR) is 59.2 cm³/mol. The molecular weight excluding hydrogens is 282 g/mol. The molecule has 1 fully saturated rings. The lowest BCUT2D eigenvalue weighted by molar-refractivity contribution is -0.237. The lowest BCUT2D eigenvalue weighted by Crippen LogP contribution is -2.56. The van der Waals surface area contributed by atoms with Crippen LogP contribution in [-0.2, 0) is 4.74 Å². The number of halogens is 2. The lowest BCUT2D eigenvalue weighted by Gasteiger charge is -2.39. The molecule has 1 saturated heterocycles. The van der Waals surface area contributed by atoms with Crippen molar-refractivity contribution in [3.8, 4) is 0 Å². The van der Waals surface area contributed by atoms with Crippen molar-refractivity contribution in [1.29, 1.82) is 0 Å². The molecule has 1 aromatic rings. The summed E-state index contributed by atoms with van der Waals surface area (Å²) in [5.74, 6) is -1.33. The zero-order valence-corrected chi connectivity index (χ0v) is 9.94. The number of H-pyrrole nitrogens is 1. The number of hydrogen-bond acceptors (Lipinski definition) is 6.